The van der Waals surface area contributed by atoms with Crippen molar-refractivity contribution in [1.29, 1.82) is 0 Å². The first-order valence-corrected chi connectivity index (χ1v) is 6.57. The molecule has 5 N–H and O–H groups in total. The third kappa shape index (κ3) is 2.36. The van der Waals surface area contributed by atoms with Crippen molar-refractivity contribution in [3.63, 3.8) is 0 Å². The van der Waals surface area contributed by atoms with Crippen LogP contribution in [0.2, 0.25) is 0 Å². The zero-order valence-corrected chi connectivity index (χ0v) is 11.5. The topological polar surface area (TPSA) is 123 Å². The molecule has 1 heterocycles. The lowest BCUT2D eigenvalue weighted by molar-refractivity contribution is -0.217. The number of allylic oxidation sites excluding steroid dienone is 1. The van der Waals surface area contributed by atoms with Gasteiger partial charge in [0.1, 0.15) is 18.3 Å². The Morgan fingerprint density at radius 3 is 2.70 bits per heavy atom. The lowest BCUT2D eigenvalue weighted by Gasteiger charge is -2.50. The number of aliphatic hydroxyl groups excluding tert-OH is 4. The maximum atomic E-state index is 10.3. The van der Waals surface area contributed by atoms with E-state index in [1.807, 2.05) is 13.8 Å². The van der Waals surface area contributed by atoms with Crippen molar-refractivity contribution in [3.05, 3.63) is 11.6 Å². The summed E-state index contributed by atoms with van der Waals surface area (Å²) in [6.45, 7) is 2.99. The van der Waals surface area contributed by atoms with Crippen LogP contribution < -0.4 is 0 Å². The van der Waals surface area contributed by atoms with Crippen molar-refractivity contribution in [2.45, 2.75) is 50.3 Å². The second kappa shape index (κ2) is 5.42. The predicted octanol–water partition coefficient (Wildman–Crippen LogP) is -0.985. The summed E-state index contributed by atoms with van der Waals surface area (Å²) in [7, 11) is 0. The first-order valence-electron chi connectivity index (χ1n) is 6.57. The molecule has 0 amide bonds. The minimum atomic E-state index is -1.43. The molecule has 114 valence electrons. The molecule has 2 aliphatic rings. The van der Waals surface area contributed by atoms with E-state index in [9.17, 15) is 15.3 Å². The van der Waals surface area contributed by atoms with Crippen LogP contribution in [0.1, 0.15) is 20.3 Å². The minimum absolute atomic E-state index is 0.325. The quantitative estimate of drug-likeness (QED) is 0.336. The van der Waals surface area contributed by atoms with Crippen LogP contribution in [0, 0.1) is 5.92 Å². The lowest BCUT2D eigenvalue weighted by atomic mass is 9.71. The van der Waals surface area contributed by atoms with E-state index >= 15 is 0 Å². The fraction of sp³-hybridized carbons (Fsp3) is 0.769. The molecule has 0 aromatic carbocycles. The zero-order valence-electron chi connectivity index (χ0n) is 11.5. The van der Waals surface area contributed by atoms with Crippen molar-refractivity contribution < 1.29 is 30.4 Å². The highest BCUT2D eigenvalue weighted by Gasteiger charge is 2.52. The van der Waals surface area contributed by atoms with Gasteiger partial charge in [-0.2, -0.15) is 0 Å². The van der Waals surface area contributed by atoms with Gasteiger partial charge >= 0.3 is 0 Å². The van der Waals surface area contributed by atoms with Gasteiger partial charge < -0.3 is 30.4 Å². The second-order valence-corrected chi connectivity index (χ2v) is 5.71. The lowest BCUT2D eigenvalue weighted by Crippen LogP contribution is -2.61. The van der Waals surface area contributed by atoms with Gasteiger partial charge in [0.2, 0.25) is 0 Å². The van der Waals surface area contributed by atoms with Gasteiger partial charge in [-0.15, -0.1) is 0 Å². The molecule has 1 saturated heterocycles. The first kappa shape index (κ1) is 15.4. The molecule has 0 aromatic rings. The number of aliphatic hydroxyl groups is 4. The first-order chi connectivity index (χ1) is 9.34. The summed E-state index contributed by atoms with van der Waals surface area (Å²) in [4.78, 5) is 0. The molecule has 7 heteroatoms. The van der Waals surface area contributed by atoms with Crippen LogP contribution in [0.3, 0.4) is 0 Å². The monoisotopic (exact) mass is 287 g/mol. The fourth-order valence-corrected chi connectivity index (χ4v) is 2.90. The highest BCUT2D eigenvalue weighted by Crippen LogP contribution is 2.43. The summed E-state index contributed by atoms with van der Waals surface area (Å²) in [5.74, 6) is -0.493. The standard InChI is InChI=1S/C13H21NO6/c1-6-3-8(14-19)7-4-13(6,2)20-12(10(7)17)11(18)9(16)5-15/h3,7,9-12,15-19H,4-5H2,1-2H3/b14-8-/t7-,9+,10-,11-,12+,13+/m0/s1. The normalized spacial score (nSPS) is 42.2. The largest absolute Gasteiger partial charge is 0.411 e. The van der Waals surface area contributed by atoms with Crippen molar-refractivity contribution >= 4 is 5.71 Å². The molecule has 0 aromatic heterocycles. The number of hydrogen-bond acceptors (Lipinski definition) is 7. The van der Waals surface area contributed by atoms with E-state index in [2.05, 4.69) is 5.16 Å². The maximum absolute atomic E-state index is 10.3. The summed E-state index contributed by atoms with van der Waals surface area (Å²) in [5.41, 5.74) is 0.425. The van der Waals surface area contributed by atoms with Gasteiger partial charge in [-0.05, 0) is 31.9 Å². The van der Waals surface area contributed by atoms with E-state index in [1.54, 1.807) is 6.08 Å². The molecule has 0 radical (unpaired) electrons. The van der Waals surface area contributed by atoms with Gasteiger partial charge in [-0.1, -0.05) is 5.16 Å². The Hall–Kier alpha value is -0.990. The predicted molar refractivity (Wildman–Crippen MR) is 69.5 cm³/mol. The molecule has 2 rings (SSSR count). The number of rotatable bonds is 3. The van der Waals surface area contributed by atoms with E-state index in [0.717, 1.165) is 5.57 Å². The number of fused-ring (bicyclic) bond motifs is 2. The smallest absolute Gasteiger partial charge is 0.114 e. The molecule has 1 fully saturated rings. The minimum Gasteiger partial charge on any atom is -0.411 e. The molecule has 0 spiro atoms. The van der Waals surface area contributed by atoms with Crippen LogP contribution in [-0.4, -0.2) is 68.0 Å². The summed E-state index contributed by atoms with van der Waals surface area (Å²) in [6.07, 6.45) is -2.95. The zero-order chi connectivity index (χ0) is 15.1. The van der Waals surface area contributed by atoms with Gasteiger partial charge in [-0.3, -0.25) is 0 Å². The van der Waals surface area contributed by atoms with Crippen LogP contribution >= 0.6 is 0 Å². The highest BCUT2D eigenvalue weighted by atomic mass is 16.5. The van der Waals surface area contributed by atoms with Gasteiger partial charge in [0.15, 0.2) is 0 Å². The molecule has 0 saturated carbocycles. The van der Waals surface area contributed by atoms with E-state index < -0.39 is 42.5 Å². The van der Waals surface area contributed by atoms with Crippen molar-refractivity contribution in [2.75, 3.05) is 6.61 Å². The number of oxime groups is 1. The summed E-state index contributed by atoms with van der Waals surface area (Å²) in [5, 5.41) is 51.0. The maximum Gasteiger partial charge on any atom is 0.114 e. The van der Waals surface area contributed by atoms with Crippen molar-refractivity contribution in [1.82, 2.24) is 0 Å². The molecular weight excluding hydrogens is 266 g/mol. The van der Waals surface area contributed by atoms with Crippen molar-refractivity contribution in [3.8, 4) is 0 Å². The van der Waals surface area contributed by atoms with E-state index in [-0.39, 0.29) is 0 Å². The Bertz CT molecular complexity index is 437. The average Bonchev–Trinajstić information content (AvgIpc) is 2.44. The molecule has 0 unspecified atom stereocenters. The molecule has 1 aliphatic carbocycles. The van der Waals surface area contributed by atoms with Gasteiger partial charge in [0.25, 0.3) is 0 Å². The molecule has 1 aliphatic heterocycles. The van der Waals surface area contributed by atoms with Crippen molar-refractivity contribution in [2.24, 2.45) is 11.1 Å². The van der Waals surface area contributed by atoms with Crippen LogP contribution in [0.25, 0.3) is 0 Å². The molecule has 6 atom stereocenters. The molecule has 20 heavy (non-hydrogen) atoms. The Labute approximate surface area is 116 Å². The molecular formula is C13H21NO6. The highest BCUT2D eigenvalue weighted by molar-refractivity contribution is 5.99. The van der Waals surface area contributed by atoms with Crippen LogP contribution in [0.5, 0.6) is 0 Å². The Balaban J connectivity index is 2.35. The number of ether oxygens (including phenoxy) is 1. The Kier molecular flexibility index (Phi) is 4.17. The Morgan fingerprint density at radius 1 is 1.50 bits per heavy atom. The summed E-state index contributed by atoms with van der Waals surface area (Å²) < 4.78 is 5.77. The van der Waals surface area contributed by atoms with E-state index in [1.165, 1.54) is 0 Å². The van der Waals surface area contributed by atoms with Gasteiger partial charge in [0, 0.05) is 5.92 Å². The average molecular weight is 287 g/mol. The fourth-order valence-electron chi connectivity index (χ4n) is 2.90. The van der Waals surface area contributed by atoms with Crippen LogP contribution in [0.15, 0.2) is 16.8 Å². The van der Waals surface area contributed by atoms with E-state index in [4.69, 9.17) is 15.1 Å². The Morgan fingerprint density at radius 2 is 2.15 bits per heavy atom. The molecule has 2 bridgehead atoms. The van der Waals surface area contributed by atoms with E-state index in [0.29, 0.717) is 12.1 Å². The van der Waals surface area contributed by atoms with Gasteiger partial charge in [0.05, 0.1) is 24.0 Å². The summed E-state index contributed by atoms with van der Waals surface area (Å²) >= 11 is 0. The number of hydrogen-bond donors (Lipinski definition) is 5. The van der Waals surface area contributed by atoms with Crippen LogP contribution in [0.4, 0.5) is 0 Å². The third-order valence-electron chi connectivity index (χ3n) is 4.37. The second-order valence-electron chi connectivity index (χ2n) is 5.71. The van der Waals surface area contributed by atoms with Gasteiger partial charge in [-0.25, -0.2) is 0 Å². The molecule has 7 nitrogen and oxygen atoms in total. The number of nitrogens with zero attached hydrogens (tertiary/aromatic N) is 1. The van der Waals surface area contributed by atoms with Crippen LogP contribution in [-0.2, 0) is 4.74 Å². The summed E-state index contributed by atoms with van der Waals surface area (Å²) in [6, 6.07) is 0. The third-order valence-corrected chi connectivity index (χ3v) is 4.37. The SMILES string of the molecule is CC1=C/C(=N/O)[C@@H]2C[C@@]1(C)O[C@@H]([C@@H](O)[C@H](O)CO)[C@H]2O.